The summed E-state index contributed by atoms with van der Waals surface area (Å²) in [6.07, 6.45) is 1.43. The lowest BCUT2D eigenvalue weighted by Gasteiger charge is -2.18. The average molecular weight is 260 g/mol. The molecule has 0 saturated heterocycles. The van der Waals surface area contributed by atoms with Crippen LogP contribution in [-0.2, 0) is 4.79 Å². The highest BCUT2D eigenvalue weighted by Crippen LogP contribution is 2.23. The summed E-state index contributed by atoms with van der Waals surface area (Å²) in [5.74, 6) is 0.498. The summed E-state index contributed by atoms with van der Waals surface area (Å²) < 4.78 is 5.46. The lowest BCUT2D eigenvalue weighted by atomic mass is 9.88. The Morgan fingerprint density at radius 2 is 2.00 bits per heavy atom. The fraction of sp³-hybridized carbons (Fsp3) is 0.467. The van der Waals surface area contributed by atoms with E-state index in [1.807, 2.05) is 13.8 Å². The highest BCUT2D eigenvalue weighted by molar-refractivity contribution is 5.96. The van der Waals surface area contributed by atoms with Gasteiger partial charge in [0.15, 0.2) is 0 Å². The second-order valence-corrected chi connectivity index (χ2v) is 4.62. The van der Waals surface area contributed by atoms with Crippen molar-refractivity contribution in [2.24, 2.45) is 5.41 Å². The van der Waals surface area contributed by atoms with Crippen molar-refractivity contribution in [3.8, 4) is 11.8 Å². The van der Waals surface area contributed by atoms with Gasteiger partial charge in [-0.05, 0) is 44.0 Å². The van der Waals surface area contributed by atoms with E-state index in [0.29, 0.717) is 18.7 Å². The van der Waals surface area contributed by atoms with Crippen molar-refractivity contribution < 1.29 is 9.53 Å². The summed E-state index contributed by atoms with van der Waals surface area (Å²) in [4.78, 5) is 12.0. The van der Waals surface area contributed by atoms with Gasteiger partial charge in [0.05, 0.1) is 12.7 Å². The van der Waals surface area contributed by atoms with Crippen molar-refractivity contribution in [2.75, 3.05) is 11.9 Å². The largest absolute Gasteiger partial charge is 0.494 e. The molecule has 0 heterocycles. The van der Waals surface area contributed by atoms with Crippen LogP contribution in [0.3, 0.4) is 0 Å². The van der Waals surface area contributed by atoms with Gasteiger partial charge in [0.1, 0.15) is 11.2 Å². The monoisotopic (exact) mass is 260 g/mol. The number of rotatable bonds is 6. The standard InChI is InChI=1S/C15H20N2O2/c1-4-10-19-13-8-6-12(7-9-13)17-14(18)15(3,5-2)11-16/h6-9H,4-5,10H2,1-3H3,(H,17,18). The summed E-state index contributed by atoms with van der Waals surface area (Å²) >= 11 is 0. The third kappa shape index (κ3) is 3.99. The molecule has 1 amide bonds. The third-order valence-electron chi connectivity index (χ3n) is 3.04. The smallest absolute Gasteiger partial charge is 0.244 e. The summed E-state index contributed by atoms with van der Waals surface area (Å²) in [6, 6.07) is 9.21. The van der Waals surface area contributed by atoms with Crippen LogP contribution in [0.15, 0.2) is 24.3 Å². The molecule has 0 spiro atoms. The zero-order valence-corrected chi connectivity index (χ0v) is 11.7. The molecule has 0 bridgehead atoms. The topological polar surface area (TPSA) is 62.1 Å². The third-order valence-corrected chi connectivity index (χ3v) is 3.04. The molecule has 0 aliphatic carbocycles. The summed E-state index contributed by atoms with van der Waals surface area (Å²) in [6.45, 7) is 6.18. The van der Waals surface area contributed by atoms with Gasteiger partial charge in [-0.2, -0.15) is 5.26 Å². The van der Waals surface area contributed by atoms with E-state index in [-0.39, 0.29) is 5.91 Å². The molecule has 1 rings (SSSR count). The summed E-state index contributed by atoms with van der Waals surface area (Å²) in [5.41, 5.74) is -0.319. The lowest BCUT2D eigenvalue weighted by molar-refractivity contribution is -0.122. The maximum Gasteiger partial charge on any atom is 0.244 e. The van der Waals surface area contributed by atoms with Crippen LogP contribution in [0.4, 0.5) is 5.69 Å². The zero-order chi connectivity index (χ0) is 14.3. The van der Waals surface area contributed by atoms with Crippen LogP contribution < -0.4 is 10.1 Å². The van der Waals surface area contributed by atoms with Crippen LogP contribution in [0.1, 0.15) is 33.6 Å². The molecular weight excluding hydrogens is 240 g/mol. The first kappa shape index (κ1) is 15.0. The van der Waals surface area contributed by atoms with Crippen molar-refractivity contribution in [1.29, 1.82) is 5.26 Å². The molecule has 1 aromatic carbocycles. The second kappa shape index (κ2) is 6.79. The van der Waals surface area contributed by atoms with Gasteiger partial charge in [-0.25, -0.2) is 0 Å². The Hall–Kier alpha value is -2.02. The van der Waals surface area contributed by atoms with Crippen LogP contribution in [0.25, 0.3) is 0 Å². The highest BCUT2D eigenvalue weighted by atomic mass is 16.5. The predicted molar refractivity (Wildman–Crippen MR) is 74.9 cm³/mol. The van der Waals surface area contributed by atoms with E-state index in [1.54, 1.807) is 31.2 Å². The number of nitrogens with one attached hydrogen (secondary N) is 1. The number of ether oxygens (including phenoxy) is 1. The Morgan fingerprint density at radius 1 is 1.37 bits per heavy atom. The van der Waals surface area contributed by atoms with Crippen molar-refractivity contribution in [2.45, 2.75) is 33.6 Å². The second-order valence-electron chi connectivity index (χ2n) is 4.62. The first-order chi connectivity index (χ1) is 9.05. The van der Waals surface area contributed by atoms with Crippen molar-refractivity contribution in [3.05, 3.63) is 24.3 Å². The maximum absolute atomic E-state index is 12.0. The summed E-state index contributed by atoms with van der Waals surface area (Å²) in [7, 11) is 0. The quantitative estimate of drug-likeness (QED) is 0.853. The molecule has 0 fully saturated rings. The normalized spacial score (nSPS) is 13.2. The average Bonchev–Trinajstić information content (AvgIpc) is 2.45. The Labute approximate surface area is 114 Å². The Morgan fingerprint density at radius 3 is 2.47 bits per heavy atom. The molecule has 0 aliphatic rings. The van der Waals surface area contributed by atoms with E-state index in [4.69, 9.17) is 10.00 Å². The van der Waals surface area contributed by atoms with Crippen molar-refractivity contribution >= 4 is 11.6 Å². The fourth-order valence-corrected chi connectivity index (χ4v) is 1.41. The van der Waals surface area contributed by atoms with E-state index in [9.17, 15) is 4.79 Å². The van der Waals surface area contributed by atoms with Crippen LogP contribution in [-0.4, -0.2) is 12.5 Å². The van der Waals surface area contributed by atoms with Gasteiger partial charge in [0, 0.05) is 5.69 Å². The Kier molecular flexibility index (Phi) is 5.37. The van der Waals surface area contributed by atoms with E-state index >= 15 is 0 Å². The molecule has 0 aromatic heterocycles. The Bertz CT molecular complexity index is 462. The molecule has 1 aromatic rings. The molecular formula is C15H20N2O2. The summed E-state index contributed by atoms with van der Waals surface area (Å²) in [5, 5.41) is 11.8. The van der Waals surface area contributed by atoms with E-state index in [1.165, 1.54) is 0 Å². The molecule has 0 radical (unpaired) electrons. The van der Waals surface area contributed by atoms with Gasteiger partial charge in [-0.15, -0.1) is 0 Å². The number of hydrogen-bond donors (Lipinski definition) is 1. The van der Waals surface area contributed by atoms with E-state index < -0.39 is 5.41 Å². The molecule has 1 atom stereocenters. The van der Waals surface area contributed by atoms with Crippen LogP contribution in [0.5, 0.6) is 5.75 Å². The molecule has 1 N–H and O–H groups in total. The number of amides is 1. The van der Waals surface area contributed by atoms with Gasteiger partial charge < -0.3 is 10.1 Å². The number of nitrogens with zero attached hydrogens (tertiary/aromatic N) is 1. The minimum Gasteiger partial charge on any atom is -0.494 e. The van der Waals surface area contributed by atoms with Gasteiger partial charge in [-0.1, -0.05) is 13.8 Å². The van der Waals surface area contributed by atoms with Gasteiger partial charge in [0.2, 0.25) is 5.91 Å². The molecule has 4 heteroatoms. The maximum atomic E-state index is 12.0. The van der Waals surface area contributed by atoms with Crippen molar-refractivity contribution in [3.63, 3.8) is 0 Å². The lowest BCUT2D eigenvalue weighted by Crippen LogP contribution is -2.31. The first-order valence-electron chi connectivity index (χ1n) is 6.51. The molecule has 4 nitrogen and oxygen atoms in total. The number of carbonyl (C=O) groups is 1. The van der Waals surface area contributed by atoms with Crippen molar-refractivity contribution in [1.82, 2.24) is 0 Å². The highest BCUT2D eigenvalue weighted by Gasteiger charge is 2.31. The number of carbonyl (C=O) groups excluding carboxylic acids is 1. The minimum absolute atomic E-state index is 0.278. The van der Waals surface area contributed by atoms with Gasteiger partial charge in [-0.3, -0.25) is 4.79 Å². The predicted octanol–water partition coefficient (Wildman–Crippen LogP) is 3.35. The SMILES string of the molecule is CCCOc1ccc(NC(=O)C(C)(C#N)CC)cc1. The van der Waals surface area contributed by atoms with E-state index in [2.05, 4.69) is 11.4 Å². The van der Waals surface area contributed by atoms with E-state index in [0.717, 1.165) is 12.2 Å². The number of benzene rings is 1. The minimum atomic E-state index is -0.989. The molecule has 0 saturated carbocycles. The number of nitriles is 1. The molecule has 0 aliphatic heterocycles. The number of hydrogen-bond acceptors (Lipinski definition) is 3. The number of anilines is 1. The Balaban J connectivity index is 2.68. The fourth-order valence-electron chi connectivity index (χ4n) is 1.41. The molecule has 19 heavy (non-hydrogen) atoms. The van der Waals surface area contributed by atoms with Crippen LogP contribution >= 0.6 is 0 Å². The van der Waals surface area contributed by atoms with Crippen LogP contribution in [0.2, 0.25) is 0 Å². The zero-order valence-electron chi connectivity index (χ0n) is 11.7. The van der Waals surface area contributed by atoms with Crippen LogP contribution in [0, 0.1) is 16.7 Å². The van der Waals surface area contributed by atoms with Gasteiger partial charge in [0.25, 0.3) is 0 Å². The first-order valence-corrected chi connectivity index (χ1v) is 6.51. The van der Waals surface area contributed by atoms with Gasteiger partial charge >= 0.3 is 0 Å². The molecule has 102 valence electrons. The molecule has 1 unspecified atom stereocenters.